The minimum absolute atomic E-state index is 0.0365. The second kappa shape index (κ2) is 18.9. The van der Waals surface area contributed by atoms with Crippen LogP contribution >= 0.6 is 11.6 Å². The van der Waals surface area contributed by atoms with E-state index in [9.17, 15) is 19.2 Å². The molecule has 0 saturated carbocycles. The summed E-state index contributed by atoms with van der Waals surface area (Å²) in [7, 11) is 0. The Labute approximate surface area is 247 Å². The van der Waals surface area contributed by atoms with Crippen molar-refractivity contribution in [2.24, 2.45) is 0 Å². The highest BCUT2D eigenvalue weighted by atomic mass is 35.5. The molecule has 2 aromatic carbocycles. The monoisotopic (exact) mass is 588 g/mol. The zero-order valence-electron chi connectivity index (χ0n) is 24.3. The van der Waals surface area contributed by atoms with Crippen LogP contribution in [0.1, 0.15) is 114 Å². The second-order valence-electron chi connectivity index (χ2n) is 9.80. The number of rotatable bonds is 18. The number of hydrogen-bond acceptors (Lipinski definition) is 8. The van der Waals surface area contributed by atoms with E-state index in [2.05, 4.69) is 0 Å². The largest absolute Gasteiger partial charge is 0.457 e. The van der Waals surface area contributed by atoms with Gasteiger partial charge in [0, 0.05) is 24.3 Å². The summed E-state index contributed by atoms with van der Waals surface area (Å²) in [6, 6.07) is 9.40. The lowest BCUT2D eigenvalue weighted by Gasteiger charge is -2.16. The number of carbonyl (C=O) groups is 4. The summed E-state index contributed by atoms with van der Waals surface area (Å²) < 4.78 is 22.2. The highest BCUT2D eigenvalue weighted by Crippen LogP contribution is 2.40. The van der Waals surface area contributed by atoms with Crippen LogP contribution < -0.4 is 14.2 Å². The van der Waals surface area contributed by atoms with Crippen LogP contribution in [-0.2, 0) is 25.7 Å². The fraction of sp³-hybridized carbons (Fsp3) is 0.500. The van der Waals surface area contributed by atoms with Gasteiger partial charge in [0.25, 0.3) is 0 Å². The van der Waals surface area contributed by atoms with Crippen molar-refractivity contribution in [2.45, 2.75) is 104 Å². The van der Waals surface area contributed by atoms with Gasteiger partial charge in [0.2, 0.25) is 5.75 Å². The van der Waals surface area contributed by atoms with Crippen LogP contribution in [0, 0.1) is 0 Å². The molecule has 9 heteroatoms. The van der Waals surface area contributed by atoms with Gasteiger partial charge in [0.05, 0.1) is 5.56 Å². The van der Waals surface area contributed by atoms with E-state index in [1.165, 1.54) is 12.1 Å². The molecule has 0 aromatic heterocycles. The molecule has 224 valence electrons. The summed E-state index contributed by atoms with van der Waals surface area (Å²) in [6.07, 6.45) is 7.50. The maximum atomic E-state index is 13.1. The molecule has 2 aromatic rings. The lowest BCUT2D eigenvalue weighted by molar-refractivity contribution is -0.138. The van der Waals surface area contributed by atoms with Crippen LogP contribution in [0.25, 0.3) is 0 Å². The van der Waals surface area contributed by atoms with Gasteiger partial charge in [0.1, 0.15) is 6.61 Å². The Bertz CT molecular complexity index is 1120. The first-order valence-corrected chi connectivity index (χ1v) is 14.9. The van der Waals surface area contributed by atoms with Crippen molar-refractivity contribution >= 4 is 35.5 Å². The lowest BCUT2D eigenvalue weighted by atomic mass is 10.1. The molecule has 0 aliphatic carbocycles. The Balaban J connectivity index is 2.42. The molecule has 0 N–H and O–H groups in total. The van der Waals surface area contributed by atoms with Gasteiger partial charge in [-0.2, -0.15) is 0 Å². The second-order valence-corrected chi connectivity index (χ2v) is 10.2. The molecule has 0 spiro atoms. The SMILES string of the molecule is CCCCCC(=O)Oc1cc(C(=O)OCc2cccc(Cl)c2)cc(OC(=O)CCCCC)c1OC(=O)CCCCC. The number of ether oxygens (including phenoxy) is 4. The topological polar surface area (TPSA) is 105 Å². The van der Waals surface area contributed by atoms with Crippen LogP contribution in [0.4, 0.5) is 0 Å². The number of halogens is 1. The zero-order valence-corrected chi connectivity index (χ0v) is 25.1. The van der Waals surface area contributed by atoms with Crippen LogP contribution in [0.3, 0.4) is 0 Å². The van der Waals surface area contributed by atoms with Crippen LogP contribution in [-0.4, -0.2) is 23.9 Å². The van der Waals surface area contributed by atoms with E-state index in [1.54, 1.807) is 24.3 Å². The smallest absolute Gasteiger partial charge is 0.338 e. The molecule has 0 heterocycles. The molecule has 0 fully saturated rings. The van der Waals surface area contributed by atoms with Gasteiger partial charge in [-0.3, -0.25) is 14.4 Å². The standard InChI is InChI=1S/C32H41ClO8/c1-4-7-10-16-28(34)39-26-20-24(32(37)38-22-23-14-13-15-25(33)19-23)21-27(40-29(35)17-11-8-5-2)31(26)41-30(36)18-12-9-6-3/h13-15,19-21H,4-12,16-18,22H2,1-3H3. The van der Waals surface area contributed by atoms with Crippen molar-refractivity contribution in [3.8, 4) is 17.2 Å². The van der Waals surface area contributed by atoms with Crippen molar-refractivity contribution in [3.05, 3.63) is 52.5 Å². The van der Waals surface area contributed by atoms with Gasteiger partial charge >= 0.3 is 23.9 Å². The number of esters is 4. The third-order valence-electron chi connectivity index (χ3n) is 6.13. The highest BCUT2D eigenvalue weighted by molar-refractivity contribution is 6.30. The number of hydrogen-bond donors (Lipinski definition) is 0. The highest BCUT2D eigenvalue weighted by Gasteiger charge is 2.25. The molecule has 0 unspecified atom stereocenters. The van der Waals surface area contributed by atoms with Crippen LogP contribution in [0.2, 0.25) is 5.02 Å². The summed E-state index contributed by atoms with van der Waals surface area (Å²) >= 11 is 6.03. The summed E-state index contributed by atoms with van der Waals surface area (Å²) in [4.78, 5) is 51.1. The number of carbonyl (C=O) groups excluding carboxylic acids is 4. The third-order valence-corrected chi connectivity index (χ3v) is 6.37. The first kappa shape index (κ1) is 33.8. The predicted octanol–water partition coefficient (Wildman–Crippen LogP) is 8.15. The Kier molecular flexibility index (Phi) is 15.6. The normalized spacial score (nSPS) is 10.6. The molecule has 0 aliphatic rings. The fourth-order valence-electron chi connectivity index (χ4n) is 3.88. The van der Waals surface area contributed by atoms with Gasteiger partial charge in [-0.1, -0.05) is 83.0 Å². The molecule has 0 saturated heterocycles. The van der Waals surface area contributed by atoms with Crippen LogP contribution in [0.15, 0.2) is 36.4 Å². The number of unbranched alkanes of at least 4 members (excludes halogenated alkanes) is 6. The maximum Gasteiger partial charge on any atom is 0.338 e. The van der Waals surface area contributed by atoms with Crippen LogP contribution in [0.5, 0.6) is 17.2 Å². The summed E-state index contributed by atoms with van der Waals surface area (Å²) in [6.45, 7) is 5.98. The lowest BCUT2D eigenvalue weighted by Crippen LogP contribution is -2.16. The molecule has 2 rings (SSSR count). The molecule has 41 heavy (non-hydrogen) atoms. The quantitative estimate of drug-likeness (QED) is 0.0975. The summed E-state index contributed by atoms with van der Waals surface area (Å²) in [5.41, 5.74) is 0.638. The van der Waals surface area contributed by atoms with Gasteiger partial charge in [-0.15, -0.1) is 0 Å². The average molecular weight is 589 g/mol. The maximum absolute atomic E-state index is 13.1. The Morgan fingerprint density at radius 2 is 1.15 bits per heavy atom. The zero-order chi connectivity index (χ0) is 30.0. The first-order valence-electron chi connectivity index (χ1n) is 14.5. The van der Waals surface area contributed by atoms with Crippen molar-refractivity contribution in [1.82, 2.24) is 0 Å². The molecule has 0 aliphatic heterocycles. The Morgan fingerprint density at radius 1 is 0.659 bits per heavy atom. The van der Waals surface area contributed by atoms with Gasteiger partial charge < -0.3 is 18.9 Å². The molecular weight excluding hydrogens is 548 g/mol. The average Bonchev–Trinajstić information content (AvgIpc) is 2.93. The van der Waals surface area contributed by atoms with Crippen molar-refractivity contribution < 1.29 is 38.1 Å². The van der Waals surface area contributed by atoms with E-state index in [4.69, 9.17) is 30.5 Å². The molecule has 0 radical (unpaired) electrons. The minimum Gasteiger partial charge on any atom is -0.457 e. The van der Waals surface area contributed by atoms with E-state index in [-0.39, 0.29) is 48.7 Å². The van der Waals surface area contributed by atoms with Crippen molar-refractivity contribution in [3.63, 3.8) is 0 Å². The molecule has 8 nitrogen and oxygen atoms in total. The van der Waals surface area contributed by atoms with E-state index < -0.39 is 23.9 Å². The van der Waals surface area contributed by atoms with Crippen molar-refractivity contribution in [2.75, 3.05) is 0 Å². The molecule has 0 bridgehead atoms. The fourth-order valence-corrected chi connectivity index (χ4v) is 4.09. The third kappa shape index (κ3) is 12.8. The van der Waals surface area contributed by atoms with Gasteiger partial charge in [0.15, 0.2) is 11.5 Å². The van der Waals surface area contributed by atoms with Gasteiger partial charge in [-0.25, -0.2) is 4.79 Å². The van der Waals surface area contributed by atoms with E-state index >= 15 is 0 Å². The Hall–Kier alpha value is -3.39. The van der Waals surface area contributed by atoms with Crippen molar-refractivity contribution in [1.29, 1.82) is 0 Å². The number of benzene rings is 2. The predicted molar refractivity (Wildman–Crippen MR) is 156 cm³/mol. The Morgan fingerprint density at radius 3 is 1.61 bits per heavy atom. The molecule has 0 atom stereocenters. The van der Waals surface area contributed by atoms with Gasteiger partial charge in [-0.05, 0) is 49.1 Å². The molecular formula is C32H41ClO8. The first-order chi connectivity index (χ1) is 19.8. The summed E-state index contributed by atoms with van der Waals surface area (Å²) in [5.74, 6) is -3.05. The van der Waals surface area contributed by atoms with E-state index in [0.717, 1.165) is 38.5 Å². The minimum atomic E-state index is -0.752. The molecule has 0 amide bonds. The summed E-state index contributed by atoms with van der Waals surface area (Å²) in [5, 5.41) is 0.498. The van der Waals surface area contributed by atoms with E-state index in [0.29, 0.717) is 29.8 Å². The van der Waals surface area contributed by atoms with E-state index in [1.807, 2.05) is 20.8 Å².